The Morgan fingerprint density at radius 1 is 1.35 bits per heavy atom. The van der Waals surface area contributed by atoms with E-state index in [9.17, 15) is 4.79 Å². The van der Waals surface area contributed by atoms with Crippen LogP contribution in [0.3, 0.4) is 0 Å². The van der Waals surface area contributed by atoms with E-state index in [-0.39, 0.29) is 5.92 Å². The number of aromatic nitrogens is 1. The first-order valence-electron chi connectivity index (χ1n) is 7.67. The highest BCUT2D eigenvalue weighted by atomic mass is 32.1. The number of rotatable bonds is 3. The first kappa shape index (κ1) is 14.0. The van der Waals surface area contributed by atoms with Crippen molar-refractivity contribution in [3.63, 3.8) is 0 Å². The van der Waals surface area contributed by atoms with Crippen molar-refractivity contribution >= 4 is 17.2 Å². The summed E-state index contributed by atoms with van der Waals surface area (Å²) in [6.45, 7) is 2.62. The third-order valence-electron chi connectivity index (χ3n) is 4.33. The molecule has 110 valence electrons. The van der Waals surface area contributed by atoms with E-state index >= 15 is 0 Å². The monoisotopic (exact) mass is 293 g/mol. The van der Waals surface area contributed by atoms with Gasteiger partial charge in [0.2, 0.25) is 5.91 Å². The van der Waals surface area contributed by atoms with Crippen LogP contribution in [0.15, 0.2) is 0 Å². The molecule has 4 nitrogen and oxygen atoms in total. The van der Waals surface area contributed by atoms with Crippen LogP contribution in [0.2, 0.25) is 0 Å². The maximum absolute atomic E-state index is 12.4. The average molecular weight is 293 g/mol. The third kappa shape index (κ3) is 3.04. The molecule has 1 aromatic rings. The molecule has 20 heavy (non-hydrogen) atoms. The van der Waals surface area contributed by atoms with E-state index in [4.69, 9.17) is 4.98 Å². The number of nitrogens with one attached hydrogen (secondary N) is 1. The summed E-state index contributed by atoms with van der Waals surface area (Å²) >= 11 is 1.81. The molecular weight excluding hydrogens is 270 g/mol. The van der Waals surface area contributed by atoms with Crippen molar-refractivity contribution in [1.82, 2.24) is 15.2 Å². The van der Waals surface area contributed by atoms with Gasteiger partial charge in [0, 0.05) is 17.8 Å². The van der Waals surface area contributed by atoms with Crippen LogP contribution in [-0.4, -0.2) is 35.9 Å². The standard InChI is InChI=1S/C15H23N3OS/c1-18(15(19)11-6-8-16-9-7-11)10-14-17-12-4-2-3-5-13(12)20-14/h11,16H,2-10H2,1H3. The molecule has 2 aliphatic rings. The van der Waals surface area contributed by atoms with E-state index < -0.39 is 0 Å². The molecule has 1 amide bonds. The van der Waals surface area contributed by atoms with E-state index in [1.165, 1.54) is 29.8 Å². The summed E-state index contributed by atoms with van der Waals surface area (Å²) in [5.41, 5.74) is 1.29. The fourth-order valence-corrected chi connectivity index (χ4v) is 4.34. The van der Waals surface area contributed by atoms with Gasteiger partial charge in [0.05, 0.1) is 12.2 Å². The zero-order chi connectivity index (χ0) is 13.9. The Labute approximate surface area is 124 Å². The van der Waals surface area contributed by atoms with Gasteiger partial charge in [0.1, 0.15) is 5.01 Å². The summed E-state index contributed by atoms with van der Waals surface area (Å²) in [6.07, 6.45) is 6.80. The SMILES string of the molecule is CN(Cc1nc2c(s1)CCCC2)C(=O)C1CCNCC1. The minimum atomic E-state index is 0.204. The first-order chi connectivity index (χ1) is 9.74. The second kappa shape index (κ2) is 6.22. The van der Waals surface area contributed by atoms with Crippen molar-refractivity contribution in [2.75, 3.05) is 20.1 Å². The summed E-state index contributed by atoms with van der Waals surface area (Å²) in [5, 5.41) is 4.42. The Morgan fingerprint density at radius 2 is 2.10 bits per heavy atom. The van der Waals surface area contributed by atoms with Gasteiger partial charge in [0.25, 0.3) is 0 Å². The van der Waals surface area contributed by atoms with Crippen LogP contribution in [0, 0.1) is 5.92 Å². The summed E-state index contributed by atoms with van der Waals surface area (Å²) in [6, 6.07) is 0. The molecule has 0 spiro atoms. The number of amides is 1. The highest BCUT2D eigenvalue weighted by Gasteiger charge is 2.25. The van der Waals surface area contributed by atoms with Crippen molar-refractivity contribution in [2.24, 2.45) is 5.92 Å². The zero-order valence-electron chi connectivity index (χ0n) is 12.2. The molecule has 1 aromatic heterocycles. The average Bonchev–Trinajstić information content (AvgIpc) is 2.89. The Kier molecular flexibility index (Phi) is 4.36. The number of carbonyl (C=O) groups excluding carboxylic acids is 1. The molecule has 0 radical (unpaired) electrons. The van der Waals surface area contributed by atoms with Gasteiger partial charge in [-0.2, -0.15) is 0 Å². The van der Waals surface area contributed by atoms with Gasteiger partial charge in [-0.25, -0.2) is 4.98 Å². The third-order valence-corrected chi connectivity index (χ3v) is 5.47. The van der Waals surface area contributed by atoms with Crippen molar-refractivity contribution < 1.29 is 4.79 Å². The van der Waals surface area contributed by atoms with Crippen molar-refractivity contribution in [3.05, 3.63) is 15.6 Å². The number of hydrogen-bond acceptors (Lipinski definition) is 4. The van der Waals surface area contributed by atoms with Crippen LogP contribution in [-0.2, 0) is 24.2 Å². The quantitative estimate of drug-likeness (QED) is 0.927. The highest BCUT2D eigenvalue weighted by Crippen LogP contribution is 2.27. The van der Waals surface area contributed by atoms with Crippen molar-refractivity contribution in [1.29, 1.82) is 0 Å². The molecule has 0 aromatic carbocycles. The van der Waals surface area contributed by atoms with Crippen LogP contribution in [0.4, 0.5) is 0 Å². The maximum Gasteiger partial charge on any atom is 0.225 e. The minimum absolute atomic E-state index is 0.204. The molecule has 1 aliphatic carbocycles. The molecule has 2 heterocycles. The lowest BCUT2D eigenvalue weighted by Crippen LogP contribution is -2.38. The predicted octanol–water partition coefficient (Wildman–Crippen LogP) is 1.98. The Bertz CT molecular complexity index is 456. The fourth-order valence-electron chi connectivity index (χ4n) is 3.13. The van der Waals surface area contributed by atoms with Crippen molar-refractivity contribution in [3.8, 4) is 0 Å². The summed E-state index contributed by atoms with van der Waals surface area (Å²) in [7, 11) is 1.92. The van der Waals surface area contributed by atoms with Crippen LogP contribution < -0.4 is 5.32 Å². The number of aryl methyl sites for hydroxylation is 2. The topological polar surface area (TPSA) is 45.2 Å². The van der Waals surface area contributed by atoms with E-state index in [2.05, 4.69) is 5.32 Å². The fraction of sp³-hybridized carbons (Fsp3) is 0.733. The number of fused-ring (bicyclic) bond motifs is 1. The van der Waals surface area contributed by atoms with Gasteiger partial charge < -0.3 is 10.2 Å². The minimum Gasteiger partial charge on any atom is -0.339 e. The lowest BCUT2D eigenvalue weighted by Gasteiger charge is -2.26. The highest BCUT2D eigenvalue weighted by molar-refractivity contribution is 7.11. The molecule has 3 rings (SSSR count). The van der Waals surface area contributed by atoms with E-state index in [0.29, 0.717) is 12.5 Å². The molecule has 1 fully saturated rings. The Hall–Kier alpha value is -0.940. The summed E-state index contributed by atoms with van der Waals surface area (Å²) < 4.78 is 0. The number of nitrogens with zero attached hydrogens (tertiary/aromatic N) is 2. The van der Waals surface area contributed by atoms with Gasteiger partial charge in [-0.15, -0.1) is 11.3 Å². The van der Waals surface area contributed by atoms with Crippen molar-refractivity contribution in [2.45, 2.75) is 45.1 Å². The molecule has 0 atom stereocenters. The van der Waals surface area contributed by atoms with Crippen LogP contribution >= 0.6 is 11.3 Å². The molecule has 5 heteroatoms. The lowest BCUT2D eigenvalue weighted by atomic mass is 9.97. The van der Waals surface area contributed by atoms with Gasteiger partial charge >= 0.3 is 0 Å². The zero-order valence-corrected chi connectivity index (χ0v) is 13.0. The second-order valence-electron chi connectivity index (χ2n) is 5.90. The first-order valence-corrected chi connectivity index (χ1v) is 8.49. The number of thiazole rings is 1. The molecule has 0 bridgehead atoms. The summed E-state index contributed by atoms with van der Waals surface area (Å²) in [5.74, 6) is 0.496. The van der Waals surface area contributed by atoms with Crippen LogP contribution in [0.5, 0.6) is 0 Å². The largest absolute Gasteiger partial charge is 0.339 e. The lowest BCUT2D eigenvalue weighted by molar-refractivity contribution is -0.135. The normalized spacial score (nSPS) is 19.6. The smallest absolute Gasteiger partial charge is 0.225 e. The van der Waals surface area contributed by atoms with Crippen LogP contribution in [0.25, 0.3) is 0 Å². The number of piperidine rings is 1. The van der Waals surface area contributed by atoms with E-state index in [0.717, 1.165) is 37.4 Å². The van der Waals surface area contributed by atoms with Crippen LogP contribution in [0.1, 0.15) is 41.3 Å². The number of carbonyl (C=O) groups is 1. The predicted molar refractivity (Wildman–Crippen MR) is 80.8 cm³/mol. The second-order valence-corrected chi connectivity index (χ2v) is 7.07. The molecule has 1 N–H and O–H groups in total. The summed E-state index contributed by atoms with van der Waals surface area (Å²) in [4.78, 5) is 20.5. The molecular formula is C15H23N3OS. The van der Waals surface area contributed by atoms with Gasteiger partial charge in [-0.05, 0) is 51.6 Å². The number of hydrogen-bond donors (Lipinski definition) is 1. The maximum atomic E-state index is 12.4. The van der Waals surface area contributed by atoms with Gasteiger partial charge in [0.15, 0.2) is 0 Å². The molecule has 1 aliphatic heterocycles. The van der Waals surface area contributed by atoms with E-state index in [1.807, 2.05) is 23.3 Å². The molecule has 0 saturated carbocycles. The molecule has 1 saturated heterocycles. The van der Waals surface area contributed by atoms with Gasteiger partial charge in [-0.3, -0.25) is 4.79 Å². The van der Waals surface area contributed by atoms with E-state index in [1.54, 1.807) is 0 Å². The van der Waals surface area contributed by atoms with Gasteiger partial charge in [-0.1, -0.05) is 0 Å². The Balaban J connectivity index is 1.61. The molecule has 0 unspecified atom stereocenters. The Morgan fingerprint density at radius 3 is 2.85 bits per heavy atom.